The number of nitrogens with zero attached hydrogens (tertiary/aromatic N) is 3. The fraction of sp³-hybridized carbons (Fsp3) is 0.333. The van der Waals surface area contributed by atoms with Crippen LogP contribution in [0.5, 0.6) is 0 Å². The van der Waals surface area contributed by atoms with E-state index in [1.165, 1.54) is 4.52 Å². The molecule has 0 aromatic carbocycles. The number of halogens is 2. The van der Waals surface area contributed by atoms with Crippen molar-refractivity contribution in [2.45, 2.75) is 20.0 Å². The quantitative estimate of drug-likeness (QED) is 0.786. The molecule has 2 aromatic heterocycles. The van der Waals surface area contributed by atoms with Crippen LogP contribution in [0.3, 0.4) is 0 Å². The van der Waals surface area contributed by atoms with Crippen molar-refractivity contribution >= 4 is 28.8 Å². The standard InChI is InChI=1S/C9H9Cl2N3O/c1-4-7(10)9-12-8(11)6(5(2)15)3-14(9)13-4/h3,5,15H,1-2H3/t5-/m1/s1. The Morgan fingerprint density at radius 1 is 1.47 bits per heavy atom. The molecule has 0 aliphatic heterocycles. The molecule has 0 spiro atoms. The van der Waals surface area contributed by atoms with Gasteiger partial charge in [0.2, 0.25) is 0 Å². The number of rotatable bonds is 1. The van der Waals surface area contributed by atoms with E-state index >= 15 is 0 Å². The lowest BCUT2D eigenvalue weighted by Gasteiger charge is -2.06. The van der Waals surface area contributed by atoms with Gasteiger partial charge in [0, 0.05) is 11.8 Å². The molecule has 2 rings (SSSR count). The van der Waals surface area contributed by atoms with Gasteiger partial charge in [-0.3, -0.25) is 0 Å². The van der Waals surface area contributed by atoms with Crippen LogP contribution in [0.2, 0.25) is 10.2 Å². The van der Waals surface area contributed by atoms with Gasteiger partial charge < -0.3 is 5.11 Å². The third-order valence-corrected chi connectivity index (χ3v) is 2.89. The van der Waals surface area contributed by atoms with Crippen LogP contribution in [-0.2, 0) is 0 Å². The molecule has 0 bridgehead atoms. The minimum atomic E-state index is -0.683. The van der Waals surface area contributed by atoms with E-state index in [9.17, 15) is 5.11 Å². The summed E-state index contributed by atoms with van der Waals surface area (Å²) in [4.78, 5) is 4.09. The van der Waals surface area contributed by atoms with E-state index < -0.39 is 6.10 Å². The normalized spacial score (nSPS) is 13.4. The smallest absolute Gasteiger partial charge is 0.175 e. The van der Waals surface area contributed by atoms with Crippen LogP contribution in [-0.4, -0.2) is 19.7 Å². The van der Waals surface area contributed by atoms with Crippen LogP contribution >= 0.6 is 23.2 Å². The molecule has 2 heterocycles. The highest BCUT2D eigenvalue weighted by Gasteiger charge is 2.14. The van der Waals surface area contributed by atoms with Gasteiger partial charge in [-0.1, -0.05) is 23.2 Å². The number of aryl methyl sites for hydroxylation is 1. The number of hydrogen-bond donors (Lipinski definition) is 1. The van der Waals surface area contributed by atoms with Gasteiger partial charge in [0.15, 0.2) is 5.65 Å². The molecule has 1 atom stereocenters. The van der Waals surface area contributed by atoms with E-state index in [2.05, 4.69) is 10.1 Å². The largest absolute Gasteiger partial charge is 0.389 e. The summed E-state index contributed by atoms with van der Waals surface area (Å²) in [7, 11) is 0. The highest BCUT2D eigenvalue weighted by atomic mass is 35.5. The van der Waals surface area contributed by atoms with E-state index in [-0.39, 0.29) is 5.15 Å². The topological polar surface area (TPSA) is 50.4 Å². The molecule has 15 heavy (non-hydrogen) atoms. The van der Waals surface area contributed by atoms with Crippen LogP contribution in [0.15, 0.2) is 6.20 Å². The van der Waals surface area contributed by atoms with Crippen LogP contribution in [0.4, 0.5) is 0 Å². The van der Waals surface area contributed by atoms with Crippen molar-refractivity contribution in [3.63, 3.8) is 0 Å². The lowest BCUT2D eigenvalue weighted by Crippen LogP contribution is -2.00. The summed E-state index contributed by atoms with van der Waals surface area (Å²) in [5, 5.41) is 14.3. The number of hydrogen-bond acceptors (Lipinski definition) is 3. The first-order valence-corrected chi connectivity index (χ1v) is 5.15. The second-order valence-corrected chi connectivity index (χ2v) is 4.07. The summed E-state index contributed by atoms with van der Waals surface area (Å²) in [5.74, 6) is 0. The van der Waals surface area contributed by atoms with Crippen LogP contribution in [0.1, 0.15) is 24.3 Å². The van der Waals surface area contributed by atoms with Crippen molar-refractivity contribution in [3.05, 3.63) is 27.6 Å². The fourth-order valence-electron chi connectivity index (χ4n) is 1.33. The van der Waals surface area contributed by atoms with E-state index in [0.29, 0.717) is 21.9 Å². The highest BCUT2D eigenvalue weighted by molar-refractivity contribution is 6.34. The molecule has 0 aliphatic carbocycles. The minimum absolute atomic E-state index is 0.249. The number of aliphatic hydroxyl groups is 1. The molecule has 0 fully saturated rings. The maximum Gasteiger partial charge on any atom is 0.175 e. The summed E-state index contributed by atoms with van der Waals surface area (Å²) in [6.07, 6.45) is 0.950. The maximum absolute atomic E-state index is 9.44. The van der Waals surface area contributed by atoms with Gasteiger partial charge in [-0.05, 0) is 13.8 Å². The minimum Gasteiger partial charge on any atom is -0.389 e. The summed E-state index contributed by atoms with van der Waals surface area (Å²) in [5.41, 5.74) is 1.72. The zero-order chi connectivity index (χ0) is 11.2. The summed E-state index contributed by atoms with van der Waals surface area (Å²) in [6.45, 7) is 3.40. The van der Waals surface area contributed by atoms with Crippen LogP contribution < -0.4 is 0 Å². The lowest BCUT2D eigenvalue weighted by molar-refractivity contribution is 0.198. The Labute approximate surface area is 96.5 Å². The first-order chi connectivity index (χ1) is 7.00. The zero-order valence-electron chi connectivity index (χ0n) is 8.20. The van der Waals surface area contributed by atoms with Crippen molar-refractivity contribution in [2.75, 3.05) is 0 Å². The third-order valence-electron chi connectivity index (χ3n) is 2.14. The molecule has 2 aromatic rings. The van der Waals surface area contributed by atoms with E-state index in [4.69, 9.17) is 23.2 Å². The second-order valence-electron chi connectivity index (χ2n) is 3.33. The molecule has 0 unspecified atom stereocenters. The molecule has 1 N–H and O–H groups in total. The van der Waals surface area contributed by atoms with E-state index in [0.717, 1.165) is 0 Å². The molecule has 0 radical (unpaired) electrons. The molecule has 80 valence electrons. The fourth-order valence-corrected chi connectivity index (χ4v) is 1.78. The van der Waals surface area contributed by atoms with Crippen molar-refractivity contribution in [1.29, 1.82) is 0 Å². The highest BCUT2D eigenvalue weighted by Crippen LogP contribution is 2.25. The van der Waals surface area contributed by atoms with E-state index in [1.807, 2.05) is 0 Å². The Morgan fingerprint density at radius 3 is 2.73 bits per heavy atom. The van der Waals surface area contributed by atoms with Gasteiger partial charge in [-0.15, -0.1) is 0 Å². The van der Waals surface area contributed by atoms with Crippen molar-refractivity contribution in [2.24, 2.45) is 0 Å². The van der Waals surface area contributed by atoms with Crippen LogP contribution in [0, 0.1) is 6.92 Å². The number of aliphatic hydroxyl groups excluding tert-OH is 1. The Kier molecular flexibility index (Phi) is 2.58. The average molecular weight is 246 g/mol. The SMILES string of the molecule is Cc1nn2cc([C@@H](C)O)c(Cl)nc2c1Cl. The summed E-state index contributed by atoms with van der Waals surface area (Å²) in [6, 6.07) is 0. The molecule has 0 aliphatic rings. The predicted molar refractivity (Wildman–Crippen MR) is 58.4 cm³/mol. The Hall–Kier alpha value is -0.840. The monoisotopic (exact) mass is 245 g/mol. The van der Waals surface area contributed by atoms with Gasteiger partial charge in [-0.25, -0.2) is 9.50 Å². The Bertz CT molecular complexity index is 522. The third kappa shape index (κ3) is 1.69. The molecular weight excluding hydrogens is 237 g/mol. The number of aromatic nitrogens is 3. The van der Waals surface area contributed by atoms with Gasteiger partial charge in [0.05, 0.1) is 11.8 Å². The Balaban J connectivity index is 2.76. The Morgan fingerprint density at radius 2 is 2.13 bits per heavy atom. The van der Waals surface area contributed by atoms with Crippen molar-refractivity contribution in [3.8, 4) is 0 Å². The molecule has 6 heteroatoms. The summed E-state index contributed by atoms with van der Waals surface area (Å²) < 4.78 is 1.52. The lowest BCUT2D eigenvalue weighted by atomic mass is 10.2. The van der Waals surface area contributed by atoms with Crippen LogP contribution in [0.25, 0.3) is 5.65 Å². The summed E-state index contributed by atoms with van der Waals surface area (Å²) >= 11 is 11.9. The molecule has 4 nitrogen and oxygen atoms in total. The molecule has 0 saturated carbocycles. The van der Waals surface area contributed by atoms with Gasteiger partial charge in [-0.2, -0.15) is 5.10 Å². The molecular formula is C9H9Cl2N3O. The van der Waals surface area contributed by atoms with Crippen molar-refractivity contribution in [1.82, 2.24) is 14.6 Å². The maximum atomic E-state index is 9.44. The van der Waals surface area contributed by atoms with Gasteiger partial charge in [0.25, 0.3) is 0 Å². The molecule has 0 amide bonds. The number of fused-ring (bicyclic) bond motifs is 1. The first kappa shape index (κ1) is 10.7. The average Bonchev–Trinajstić information content (AvgIpc) is 2.43. The van der Waals surface area contributed by atoms with E-state index in [1.54, 1.807) is 20.0 Å². The van der Waals surface area contributed by atoms with Gasteiger partial charge in [0.1, 0.15) is 10.2 Å². The van der Waals surface area contributed by atoms with Gasteiger partial charge >= 0.3 is 0 Å². The zero-order valence-corrected chi connectivity index (χ0v) is 9.71. The van der Waals surface area contributed by atoms with Crippen molar-refractivity contribution < 1.29 is 5.11 Å². The predicted octanol–water partition coefficient (Wildman–Crippen LogP) is 2.40. The molecule has 0 saturated heterocycles. The first-order valence-electron chi connectivity index (χ1n) is 4.39. The second kappa shape index (κ2) is 3.63.